The number of aryl methyl sites for hydroxylation is 1. The highest BCUT2D eigenvalue weighted by Gasteiger charge is 2.03. The minimum Gasteiger partial charge on any atom is -0.494 e. The molecule has 1 aromatic carbocycles. The first-order valence-electron chi connectivity index (χ1n) is 6.71. The Hall–Kier alpha value is -1.02. The normalized spacial score (nSPS) is 10.5. The maximum Gasteiger partial charge on any atom is 0.122 e. The molecule has 2 heteroatoms. The predicted octanol–water partition coefficient (Wildman–Crippen LogP) is 3.33. The molecule has 0 unspecified atom stereocenters. The average Bonchev–Trinajstić information content (AvgIpc) is 2.32. The van der Waals surface area contributed by atoms with Crippen molar-refractivity contribution in [1.29, 1.82) is 0 Å². The summed E-state index contributed by atoms with van der Waals surface area (Å²) in [7, 11) is 0. The zero-order valence-corrected chi connectivity index (χ0v) is 11.4. The van der Waals surface area contributed by atoms with E-state index < -0.39 is 0 Å². The molecule has 0 aliphatic carbocycles. The maximum atomic E-state index is 5.64. The standard InChI is InChI=1S/C15H25NO/c1-4-6-10-16-11-9-14-12-13(3)7-8-15(14)17-5-2/h7-8,12,16H,4-6,9-11H2,1-3H3. The Bertz CT molecular complexity index is 323. The second-order valence-electron chi connectivity index (χ2n) is 4.40. The van der Waals surface area contributed by atoms with Gasteiger partial charge in [-0.1, -0.05) is 31.0 Å². The van der Waals surface area contributed by atoms with Crippen LogP contribution in [0.5, 0.6) is 5.75 Å². The van der Waals surface area contributed by atoms with Gasteiger partial charge >= 0.3 is 0 Å². The van der Waals surface area contributed by atoms with Crippen molar-refractivity contribution in [2.45, 2.75) is 40.0 Å². The number of hydrogen-bond donors (Lipinski definition) is 1. The molecular formula is C15H25NO. The van der Waals surface area contributed by atoms with Gasteiger partial charge in [-0.3, -0.25) is 0 Å². The minimum absolute atomic E-state index is 0.735. The van der Waals surface area contributed by atoms with Crippen molar-refractivity contribution in [1.82, 2.24) is 5.32 Å². The average molecular weight is 235 g/mol. The highest BCUT2D eigenvalue weighted by molar-refractivity contribution is 5.37. The molecule has 96 valence electrons. The Morgan fingerprint density at radius 2 is 2.00 bits per heavy atom. The summed E-state index contributed by atoms with van der Waals surface area (Å²) in [5.74, 6) is 1.04. The van der Waals surface area contributed by atoms with Crippen LogP contribution in [0.4, 0.5) is 0 Å². The second kappa shape index (κ2) is 8.13. The van der Waals surface area contributed by atoms with Crippen molar-refractivity contribution in [2.24, 2.45) is 0 Å². The second-order valence-corrected chi connectivity index (χ2v) is 4.40. The summed E-state index contributed by atoms with van der Waals surface area (Å²) in [6.45, 7) is 9.26. The Labute approximate surface area is 105 Å². The van der Waals surface area contributed by atoms with Crippen molar-refractivity contribution in [3.05, 3.63) is 29.3 Å². The summed E-state index contributed by atoms with van der Waals surface area (Å²) in [5.41, 5.74) is 2.62. The van der Waals surface area contributed by atoms with Gasteiger partial charge in [0.2, 0.25) is 0 Å². The van der Waals surface area contributed by atoms with Gasteiger partial charge in [0.1, 0.15) is 5.75 Å². The van der Waals surface area contributed by atoms with E-state index in [2.05, 4.69) is 37.4 Å². The molecule has 1 rings (SSSR count). The fraction of sp³-hybridized carbons (Fsp3) is 0.600. The number of ether oxygens (including phenoxy) is 1. The zero-order chi connectivity index (χ0) is 12.5. The summed E-state index contributed by atoms with van der Waals surface area (Å²) in [6, 6.07) is 6.42. The van der Waals surface area contributed by atoms with E-state index in [4.69, 9.17) is 4.74 Å². The highest BCUT2D eigenvalue weighted by Crippen LogP contribution is 2.20. The zero-order valence-electron chi connectivity index (χ0n) is 11.4. The first-order valence-corrected chi connectivity index (χ1v) is 6.71. The Kier molecular flexibility index (Phi) is 6.71. The molecule has 0 fully saturated rings. The van der Waals surface area contributed by atoms with Gasteiger partial charge in [-0.15, -0.1) is 0 Å². The van der Waals surface area contributed by atoms with Gasteiger partial charge in [-0.05, 0) is 51.4 Å². The number of benzene rings is 1. The molecule has 0 aliphatic heterocycles. The minimum atomic E-state index is 0.735. The van der Waals surface area contributed by atoms with Crippen LogP contribution in [0, 0.1) is 6.92 Å². The van der Waals surface area contributed by atoms with Gasteiger partial charge < -0.3 is 10.1 Å². The summed E-state index contributed by atoms with van der Waals surface area (Å²) in [5, 5.41) is 3.47. The fourth-order valence-electron chi connectivity index (χ4n) is 1.85. The lowest BCUT2D eigenvalue weighted by Gasteiger charge is -2.11. The van der Waals surface area contributed by atoms with E-state index in [0.717, 1.165) is 31.9 Å². The Morgan fingerprint density at radius 3 is 2.71 bits per heavy atom. The van der Waals surface area contributed by atoms with Gasteiger partial charge in [0.25, 0.3) is 0 Å². The third kappa shape index (κ3) is 5.22. The molecule has 0 saturated carbocycles. The van der Waals surface area contributed by atoms with Crippen LogP contribution in [0.3, 0.4) is 0 Å². The third-order valence-electron chi connectivity index (χ3n) is 2.79. The monoisotopic (exact) mass is 235 g/mol. The van der Waals surface area contributed by atoms with Gasteiger partial charge in [0.15, 0.2) is 0 Å². The molecule has 0 bridgehead atoms. The van der Waals surface area contributed by atoms with E-state index in [1.54, 1.807) is 0 Å². The topological polar surface area (TPSA) is 21.3 Å². The summed E-state index contributed by atoms with van der Waals surface area (Å²) in [6.07, 6.45) is 3.55. The van der Waals surface area contributed by atoms with Crippen LogP contribution in [-0.4, -0.2) is 19.7 Å². The van der Waals surface area contributed by atoms with Crippen LogP contribution in [0.2, 0.25) is 0 Å². The third-order valence-corrected chi connectivity index (χ3v) is 2.79. The summed E-state index contributed by atoms with van der Waals surface area (Å²) < 4.78 is 5.64. The SMILES string of the molecule is CCCCNCCc1cc(C)ccc1OCC. The molecule has 0 atom stereocenters. The van der Waals surface area contributed by atoms with Crippen LogP contribution in [0.25, 0.3) is 0 Å². The van der Waals surface area contributed by atoms with E-state index in [0.29, 0.717) is 0 Å². The Balaban J connectivity index is 2.47. The number of rotatable bonds is 8. The molecule has 0 heterocycles. The first-order chi connectivity index (χ1) is 8.27. The smallest absolute Gasteiger partial charge is 0.122 e. The molecule has 0 aromatic heterocycles. The van der Waals surface area contributed by atoms with Crippen LogP contribution >= 0.6 is 0 Å². The molecule has 2 nitrogen and oxygen atoms in total. The van der Waals surface area contributed by atoms with Gasteiger partial charge in [0, 0.05) is 0 Å². The Morgan fingerprint density at radius 1 is 1.18 bits per heavy atom. The number of hydrogen-bond acceptors (Lipinski definition) is 2. The molecule has 1 aromatic rings. The van der Waals surface area contributed by atoms with E-state index in [9.17, 15) is 0 Å². The molecule has 0 radical (unpaired) electrons. The maximum absolute atomic E-state index is 5.64. The molecule has 0 amide bonds. The quantitative estimate of drug-likeness (QED) is 0.698. The summed E-state index contributed by atoms with van der Waals surface area (Å²) >= 11 is 0. The van der Waals surface area contributed by atoms with E-state index in [-0.39, 0.29) is 0 Å². The molecule has 1 N–H and O–H groups in total. The van der Waals surface area contributed by atoms with Crippen molar-refractivity contribution in [2.75, 3.05) is 19.7 Å². The van der Waals surface area contributed by atoms with Crippen molar-refractivity contribution in [3.8, 4) is 5.75 Å². The van der Waals surface area contributed by atoms with Crippen molar-refractivity contribution >= 4 is 0 Å². The van der Waals surface area contributed by atoms with Crippen LogP contribution < -0.4 is 10.1 Å². The number of unbranched alkanes of at least 4 members (excludes halogenated alkanes) is 1. The molecule has 0 saturated heterocycles. The lowest BCUT2D eigenvalue weighted by Crippen LogP contribution is -2.18. The van der Waals surface area contributed by atoms with E-state index in [1.807, 2.05) is 6.92 Å². The lowest BCUT2D eigenvalue weighted by atomic mass is 10.1. The molecule has 0 aliphatic rings. The number of nitrogens with one attached hydrogen (secondary N) is 1. The fourth-order valence-corrected chi connectivity index (χ4v) is 1.85. The van der Waals surface area contributed by atoms with Crippen LogP contribution in [0.15, 0.2) is 18.2 Å². The summed E-state index contributed by atoms with van der Waals surface area (Å²) in [4.78, 5) is 0. The van der Waals surface area contributed by atoms with Gasteiger partial charge in [0.05, 0.1) is 6.61 Å². The van der Waals surface area contributed by atoms with Crippen molar-refractivity contribution < 1.29 is 4.74 Å². The van der Waals surface area contributed by atoms with Crippen LogP contribution in [0.1, 0.15) is 37.8 Å². The highest BCUT2D eigenvalue weighted by atomic mass is 16.5. The van der Waals surface area contributed by atoms with Crippen molar-refractivity contribution in [3.63, 3.8) is 0 Å². The predicted molar refractivity (Wildman–Crippen MR) is 73.8 cm³/mol. The molecular weight excluding hydrogens is 210 g/mol. The van der Waals surface area contributed by atoms with E-state index >= 15 is 0 Å². The lowest BCUT2D eigenvalue weighted by molar-refractivity contribution is 0.336. The first kappa shape index (κ1) is 14.0. The largest absolute Gasteiger partial charge is 0.494 e. The molecule has 0 spiro atoms. The van der Waals surface area contributed by atoms with E-state index in [1.165, 1.54) is 24.0 Å². The molecule has 17 heavy (non-hydrogen) atoms. The van der Waals surface area contributed by atoms with Gasteiger partial charge in [-0.25, -0.2) is 0 Å². The van der Waals surface area contributed by atoms with Crippen LogP contribution in [-0.2, 0) is 6.42 Å². The van der Waals surface area contributed by atoms with Gasteiger partial charge in [-0.2, -0.15) is 0 Å².